The van der Waals surface area contributed by atoms with Gasteiger partial charge in [-0.15, -0.1) is 11.8 Å². The molecule has 0 aliphatic carbocycles. The van der Waals surface area contributed by atoms with Crippen molar-refractivity contribution in [1.29, 1.82) is 0 Å². The molecule has 1 atom stereocenters. The molecule has 0 heterocycles. The van der Waals surface area contributed by atoms with Gasteiger partial charge in [0.15, 0.2) is 0 Å². The highest BCUT2D eigenvalue weighted by Gasteiger charge is 1.99. The summed E-state index contributed by atoms with van der Waals surface area (Å²) in [6, 6.07) is 10.2. The van der Waals surface area contributed by atoms with Crippen molar-refractivity contribution in [2.75, 3.05) is 0 Å². The van der Waals surface area contributed by atoms with Crippen molar-refractivity contribution in [1.82, 2.24) is 0 Å². The predicted molar refractivity (Wildman–Crippen MR) is 50.6 cm³/mol. The van der Waals surface area contributed by atoms with Crippen LogP contribution in [0, 0.1) is 0 Å². The van der Waals surface area contributed by atoms with Gasteiger partial charge in [0.2, 0.25) is 0 Å². The van der Waals surface area contributed by atoms with Crippen molar-refractivity contribution in [2.24, 2.45) is 5.73 Å². The molecule has 2 N–H and O–H groups in total. The van der Waals surface area contributed by atoms with E-state index in [9.17, 15) is 0 Å². The van der Waals surface area contributed by atoms with Crippen molar-refractivity contribution in [3.05, 3.63) is 30.3 Å². The minimum Gasteiger partial charge on any atom is -0.319 e. The first kappa shape index (κ1) is 8.62. The Morgan fingerprint density at radius 2 is 2.00 bits per heavy atom. The molecule has 11 heavy (non-hydrogen) atoms. The highest BCUT2D eigenvalue weighted by Crippen LogP contribution is 2.20. The zero-order valence-electron chi connectivity index (χ0n) is 6.66. The number of hydrogen-bond donors (Lipinski definition) is 1. The Morgan fingerprint density at radius 1 is 1.36 bits per heavy atom. The largest absolute Gasteiger partial charge is 0.319 e. The van der Waals surface area contributed by atoms with Crippen molar-refractivity contribution >= 4 is 11.8 Å². The van der Waals surface area contributed by atoms with Crippen molar-refractivity contribution in [2.45, 2.75) is 23.6 Å². The van der Waals surface area contributed by atoms with Gasteiger partial charge in [-0.25, -0.2) is 0 Å². The SMILES string of the molecule is CCC(N)Sc1ccccc1. The number of benzene rings is 1. The molecule has 0 fully saturated rings. The Hall–Kier alpha value is -0.470. The van der Waals surface area contributed by atoms with Crippen LogP contribution in [0.2, 0.25) is 0 Å². The number of rotatable bonds is 3. The van der Waals surface area contributed by atoms with Crippen LogP contribution < -0.4 is 5.73 Å². The van der Waals surface area contributed by atoms with E-state index in [0.717, 1.165) is 6.42 Å². The highest BCUT2D eigenvalue weighted by atomic mass is 32.2. The maximum Gasteiger partial charge on any atom is 0.0551 e. The van der Waals surface area contributed by atoms with Gasteiger partial charge in [0.05, 0.1) is 5.37 Å². The van der Waals surface area contributed by atoms with Crippen LogP contribution in [0.15, 0.2) is 35.2 Å². The number of hydrogen-bond acceptors (Lipinski definition) is 2. The lowest BCUT2D eigenvalue weighted by atomic mass is 10.4. The topological polar surface area (TPSA) is 26.0 Å². The summed E-state index contributed by atoms with van der Waals surface area (Å²) in [7, 11) is 0. The van der Waals surface area contributed by atoms with Crippen LogP contribution in [0.3, 0.4) is 0 Å². The molecule has 1 aromatic rings. The van der Waals surface area contributed by atoms with Crippen molar-refractivity contribution in [3.63, 3.8) is 0 Å². The third-order valence-electron chi connectivity index (χ3n) is 1.43. The standard InChI is InChI=1S/C9H13NS/c1-2-9(10)11-8-6-4-3-5-7-8/h3-7,9H,2,10H2,1H3. The quantitative estimate of drug-likeness (QED) is 0.553. The lowest BCUT2D eigenvalue weighted by Crippen LogP contribution is -2.12. The predicted octanol–water partition coefficient (Wildman–Crippen LogP) is 2.47. The molecule has 0 aliphatic rings. The normalized spacial score (nSPS) is 12.9. The van der Waals surface area contributed by atoms with E-state index in [1.54, 1.807) is 11.8 Å². The van der Waals surface area contributed by atoms with E-state index in [-0.39, 0.29) is 5.37 Å². The summed E-state index contributed by atoms with van der Waals surface area (Å²) in [6.07, 6.45) is 1.01. The van der Waals surface area contributed by atoms with Gasteiger partial charge >= 0.3 is 0 Å². The monoisotopic (exact) mass is 167 g/mol. The Labute approximate surface area is 72.0 Å². The molecule has 60 valence electrons. The summed E-state index contributed by atoms with van der Waals surface area (Å²) in [4.78, 5) is 1.25. The summed E-state index contributed by atoms with van der Waals surface area (Å²) in [5.41, 5.74) is 5.77. The van der Waals surface area contributed by atoms with Gasteiger partial charge in [-0.1, -0.05) is 25.1 Å². The second kappa shape index (κ2) is 4.42. The van der Waals surface area contributed by atoms with Crippen LogP contribution in [0.25, 0.3) is 0 Å². The van der Waals surface area contributed by atoms with Crippen LogP contribution in [0.1, 0.15) is 13.3 Å². The highest BCUT2D eigenvalue weighted by molar-refractivity contribution is 7.99. The smallest absolute Gasteiger partial charge is 0.0551 e. The fourth-order valence-corrected chi connectivity index (χ4v) is 1.59. The van der Waals surface area contributed by atoms with Crippen LogP contribution >= 0.6 is 11.8 Å². The van der Waals surface area contributed by atoms with Gasteiger partial charge in [0, 0.05) is 4.90 Å². The molecular formula is C9H13NS. The molecule has 0 bridgehead atoms. The zero-order valence-corrected chi connectivity index (χ0v) is 7.47. The molecular weight excluding hydrogens is 154 g/mol. The molecule has 1 aromatic carbocycles. The van der Waals surface area contributed by atoms with E-state index in [1.165, 1.54) is 4.90 Å². The summed E-state index contributed by atoms with van der Waals surface area (Å²) < 4.78 is 0. The van der Waals surface area contributed by atoms with E-state index in [4.69, 9.17) is 5.73 Å². The molecule has 1 unspecified atom stereocenters. The van der Waals surface area contributed by atoms with Crippen LogP contribution in [0.5, 0.6) is 0 Å². The molecule has 0 amide bonds. The van der Waals surface area contributed by atoms with Gasteiger partial charge in [-0.3, -0.25) is 0 Å². The number of thioether (sulfide) groups is 1. The average Bonchev–Trinajstić information content (AvgIpc) is 2.06. The van der Waals surface area contributed by atoms with Crippen LogP contribution in [-0.4, -0.2) is 5.37 Å². The molecule has 0 saturated carbocycles. The first-order chi connectivity index (χ1) is 5.33. The number of nitrogens with two attached hydrogens (primary N) is 1. The maximum absolute atomic E-state index is 5.77. The molecule has 0 saturated heterocycles. The minimum atomic E-state index is 0.234. The van der Waals surface area contributed by atoms with Gasteiger partial charge in [-0.05, 0) is 18.6 Å². The van der Waals surface area contributed by atoms with E-state index in [0.29, 0.717) is 0 Å². The lowest BCUT2D eigenvalue weighted by Gasteiger charge is -2.06. The fourth-order valence-electron chi connectivity index (χ4n) is 0.757. The third kappa shape index (κ3) is 2.95. The first-order valence-corrected chi connectivity index (χ1v) is 4.68. The third-order valence-corrected chi connectivity index (χ3v) is 2.61. The lowest BCUT2D eigenvalue weighted by molar-refractivity contribution is 0.868. The van der Waals surface area contributed by atoms with E-state index >= 15 is 0 Å². The van der Waals surface area contributed by atoms with E-state index in [2.05, 4.69) is 19.1 Å². The summed E-state index contributed by atoms with van der Waals surface area (Å²) in [5, 5.41) is 0.234. The summed E-state index contributed by atoms with van der Waals surface area (Å²) >= 11 is 1.72. The first-order valence-electron chi connectivity index (χ1n) is 3.80. The molecule has 0 radical (unpaired) electrons. The second-order valence-corrected chi connectivity index (χ2v) is 3.69. The molecule has 2 heteroatoms. The van der Waals surface area contributed by atoms with Gasteiger partial charge in [0.25, 0.3) is 0 Å². The van der Waals surface area contributed by atoms with E-state index in [1.807, 2.05) is 18.2 Å². The zero-order chi connectivity index (χ0) is 8.10. The Morgan fingerprint density at radius 3 is 2.55 bits per heavy atom. The molecule has 1 nitrogen and oxygen atoms in total. The average molecular weight is 167 g/mol. The van der Waals surface area contributed by atoms with Gasteiger partial charge in [-0.2, -0.15) is 0 Å². The van der Waals surface area contributed by atoms with E-state index < -0.39 is 0 Å². The van der Waals surface area contributed by atoms with Crippen LogP contribution in [0.4, 0.5) is 0 Å². The summed E-state index contributed by atoms with van der Waals surface area (Å²) in [6.45, 7) is 2.10. The Balaban J connectivity index is 2.51. The molecule has 1 rings (SSSR count). The Kier molecular flexibility index (Phi) is 3.46. The Bertz CT molecular complexity index is 198. The van der Waals surface area contributed by atoms with Gasteiger partial charge < -0.3 is 5.73 Å². The van der Waals surface area contributed by atoms with Crippen molar-refractivity contribution in [3.8, 4) is 0 Å². The van der Waals surface area contributed by atoms with Crippen molar-refractivity contribution < 1.29 is 0 Å². The molecule has 0 aliphatic heterocycles. The minimum absolute atomic E-state index is 0.234. The maximum atomic E-state index is 5.77. The molecule has 0 spiro atoms. The van der Waals surface area contributed by atoms with Gasteiger partial charge in [0.1, 0.15) is 0 Å². The summed E-state index contributed by atoms with van der Waals surface area (Å²) in [5.74, 6) is 0. The van der Waals surface area contributed by atoms with Crippen LogP contribution in [-0.2, 0) is 0 Å². The fraction of sp³-hybridized carbons (Fsp3) is 0.333. The molecule has 0 aromatic heterocycles. The second-order valence-electron chi connectivity index (χ2n) is 2.38.